The molecule has 0 fully saturated rings. The van der Waals surface area contributed by atoms with E-state index in [2.05, 4.69) is 0 Å². The molecule has 0 radical (unpaired) electrons. The molecule has 7 heavy (non-hydrogen) atoms. The van der Waals surface area contributed by atoms with Gasteiger partial charge >= 0.3 is 0 Å². The van der Waals surface area contributed by atoms with E-state index < -0.39 is 0 Å². The molecule has 0 saturated carbocycles. The maximum absolute atomic E-state index is 5.53. The van der Waals surface area contributed by atoms with Crippen LogP contribution in [-0.2, 0) is 0 Å². The van der Waals surface area contributed by atoms with Gasteiger partial charge in [-0.05, 0) is 13.0 Å². The van der Waals surface area contributed by atoms with E-state index in [1.807, 2.05) is 6.92 Å². The molecule has 1 heterocycles. The minimum atomic E-state index is 0.694. The van der Waals surface area contributed by atoms with Gasteiger partial charge < -0.3 is 4.42 Å². The first-order valence-corrected chi connectivity index (χ1v) is 2.38. The molecule has 1 nitrogen and oxygen atoms in total. The second-order valence-corrected chi connectivity index (χ2v) is 1.73. The Bertz CT molecular complexity index is 140. The number of halogens is 1. The third-order valence-electron chi connectivity index (χ3n) is 0.796. The standard InChI is InChI=1S/C5H5ClO/c1-4-5(6)2-3-7-4/h2-3H,1H3. The quantitative estimate of drug-likeness (QED) is 0.507. The van der Waals surface area contributed by atoms with Gasteiger partial charge in [0.1, 0.15) is 5.76 Å². The lowest BCUT2D eigenvalue weighted by atomic mass is 10.5. The highest BCUT2D eigenvalue weighted by Gasteiger charge is 1.91. The van der Waals surface area contributed by atoms with Crippen molar-refractivity contribution in [1.29, 1.82) is 0 Å². The fraction of sp³-hybridized carbons (Fsp3) is 0.200. The maximum atomic E-state index is 5.53. The highest BCUT2D eigenvalue weighted by atomic mass is 35.5. The molecule has 0 spiro atoms. The molecule has 0 aliphatic carbocycles. The summed E-state index contributed by atoms with van der Waals surface area (Å²) in [5.41, 5.74) is 0. The molecule has 1 aromatic rings. The number of furan rings is 1. The molecule has 2 heteroatoms. The van der Waals surface area contributed by atoms with E-state index in [0.29, 0.717) is 5.02 Å². The molecule has 0 bridgehead atoms. The molecular weight excluding hydrogens is 112 g/mol. The largest absolute Gasteiger partial charge is 0.468 e. The summed E-state index contributed by atoms with van der Waals surface area (Å²) in [5, 5.41) is 0.694. The topological polar surface area (TPSA) is 13.1 Å². The number of aryl methyl sites for hydroxylation is 1. The Labute approximate surface area is 46.9 Å². The van der Waals surface area contributed by atoms with Gasteiger partial charge in [0.2, 0.25) is 0 Å². The van der Waals surface area contributed by atoms with E-state index in [1.54, 1.807) is 12.3 Å². The lowest BCUT2D eigenvalue weighted by molar-refractivity contribution is 0.534. The summed E-state index contributed by atoms with van der Waals surface area (Å²) < 4.78 is 4.83. The van der Waals surface area contributed by atoms with Crippen molar-refractivity contribution in [2.24, 2.45) is 0 Å². The fourth-order valence-corrected chi connectivity index (χ4v) is 0.465. The van der Waals surface area contributed by atoms with E-state index in [9.17, 15) is 0 Å². The van der Waals surface area contributed by atoms with Gasteiger partial charge in [0, 0.05) is 0 Å². The van der Waals surface area contributed by atoms with Crippen LogP contribution in [0.15, 0.2) is 16.7 Å². The molecule has 0 aliphatic rings. The minimum absolute atomic E-state index is 0.694. The average molecular weight is 117 g/mol. The molecular formula is C5H5ClO. The predicted octanol–water partition coefficient (Wildman–Crippen LogP) is 2.24. The summed E-state index contributed by atoms with van der Waals surface area (Å²) in [6.07, 6.45) is 1.57. The van der Waals surface area contributed by atoms with Crippen LogP contribution >= 0.6 is 11.6 Å². The third-order valence-corrected chi connectivity index (χ3v) is 1.19. The van der Waals surface area contributed by atoms with Crippen molar-refractivity contribution in [3.8, 4) is 0 Å². The molecule has 0 N–H and O–H groups in total. The lowest BCUT2D eigenvalue weighted by Crippen LogP contribution is -1.56. The second kappa shape index (κ2) is 1.58. The van der Waals surface area contributed by atoms with Crippen LogP contribution in [0.4, 0.5) is 0 Å². The lowest BCUT2D eigenvalue weighted by Gasteiger charge is -1.76. The number of rotatable bonds is 0. The normalized spacial score (nSPS) is 9.43. The van der Waals surface area contributed by atoms with E-state index in [-0.39, 0.29) is 0 Å². The van der Waals surface area contributed by atoms with Crippen molar-refractivity contribution in [2.45, 2.75) is 6.92 Å². The molecule has 1 rings (SSSR count). The SMILES string of the molecule is Cc1occc1Cl. The Morgan fingerprint density at radius 3 is 2.57 bits per heavy atom. The van der Waals surface area contributed by atoms with Gasteiger partial charge in [-0.15, -0.1) is 0 Å². The Balaban J connectivity index is 3.12. The molecule has 0 amide bonds. The Kier molecular flexibility index (Phi) is 1.07. The molecule has 0 unspecified atom stereocenters. The predicted molar refractivity (Wildman–Crippen MR) is 28.5 cm³/mol. The summed E-state index contributed by atoms with van der Waals surface area (Å²) in [7, 11) is 0. The van der Waals surface area contributed by atoms with E-state index in [4.69, 9.17) is 16.0 Å². The summed E-state index contributed by atoms with van der Waals surface area (Å²) in [6.45, 7) is 1.82. The maximum Gasteiger partial charge on any atom is 0.119 e. The zero-order valence-corrected chi connectivity index (χ0v) is 4.70. The second-order valence-electron chi connectivity index (χ2n) is 1.32. The van der Waals surface area contributed by atoms with Gasteiger partial charge in [-0.25, -0.2) is 0 Å². The van der Waals surface area contributed by atoms with Crippen LogP contribution in [0, 0.1) is 6.92 Å². The third kappa shape index (κ3) is 0.775. The highest BCUT2D eigenvalue weighted by Crippen LogP contribution is 2.13. The van der Waals surface area contributed by atoms with Crippen molar-refractivity contribution < 1.29 is 4.42 Å². The van der Waals surface area contributed by atoms with Crippen molar-refractivity contribution in [3.05, 3.63) is 23.1 Å². The monoisotopic (exact) mass is 116 g/mol. The summed E-state index contributed by atoms with van der Waals surface area (Å²) in [6, 6.07) is 1.72. The zero-order valence-electron chi connectivity index (χ0n) is 3.94. The van der Waals surface area contributed by atoms with Crippen LogP contribution in [-0.4, -0.2) is 0 Å². The van der Waals surface area contributed by atoms with Gasteiger partial charge in [-0.1, -0.05) is 11.6 Å². The first kappa shape index (κ1) is 4.72. The molecule has 0 saturated heterocycles. The van der Waals surface area contributed by atoms with Gasteiger partial charge in [0.05, 0.1) is 11.3 Å². The van der Waals surface area contributed by atoms with Gasteiger partial charge in [0.25, 0.3) is 0 Å². The first-order chi connectivity index (χ1) is 3.30. The smallest absolute Gasteiger partial charge is 0.119 e. The minimum Gasteiger partial charge on any atom is -0.468 e. The molecule has 0 aromatic carbocycles. The van der Waals surface area contributed by atoms with Crippen LogP contribution < -0.4 is 0 Å². The van der Waals surface area contributed by atoms with Crippen LogP contribution in [0.2, 0.25) is 5.02 Å². The van der Waals surface area contributed by atoms with Gasteiger partial charge in [-0.3, -0.25) is 0 Å². The summed E-state index contributed by atoms with van der Waals surface area (Å²) in [4.78, 5) is 0. The molecule has 0 atom stereocenters. The molecule has 0 aliphatic heterocycles. The van der Waals surface area contributed by atoms with Crippen LogP contribution in [0.3, 0.4) is 0 Å². The van der Waals surface area contributed by atoms with E-state index in [0.717, 1.165) is 5.76 Å². The zero-order chi connectivity index (χ0) is 5.28. The number of hydrogen-bond donors (Lipinski definition) is 0. The summed E-state index contributed by atoms with van der Waals surface area (Å²) >= 11 is 5.53. The molecule has 38 valence electrons. The first-order valence-electron chi connectivity index (χ1n) is 2.00. The summed E-state index contributed by atoms with van der Waals surface area (Å²) in [5.74, 6) is 0.779. The van der Waals surface area contributed by atoms with Gasteiger partial charge in [0.15, 0.2) is 0 Å². The van der Waals surface area contributed by atoms with Crippen LogP contribution in [0.25, 0.3) is 0 Å². The van der Waals surface area contributed by atoms with Crippen LogP contribution in [0.5, 0.6) is 0 Å². The molecule has 1 aromatic heterocycles. The van der Waals surface area contributed by atoms with Crippen LogP contribution in [0.1, 0.15) is 5.76 Å². The highest BCUT2D eigenvalue weighted by molar-refractivity contribution is 6.31. The van der Waals surface area contributed by atoms with E-state index >= 15 is 0 Å². The van der Waals surface area contributed by atoms with E-state index in [1.165, 1.54) is 0 Å². The van der Waals surface area contributed by atoms with Crippen molar-refractivity contribution in [2.75, 3.05) is 0 Å². The average Bonchev–Trinajstić information content (AvgIpc) is 1.91. The Morgan fingerprint density at radius 1 is 1.71 bits per heavy atom. The number of hydrogen-bond acceptors (Lipinski definition) is 1. The van der Waals surface area contributed by atoms with Crippen molar-refractivity contribution >= 4 is 11.6 Å². The Morgan fingerprint density at radius 2 is 2.43 bits per heavy atom. The fourth-order valence-electron chi connectivity index (χ4n) is 0.369. The van der Waals surface area contributed by atoms with Gasteiger partial charge in [-0.2, -0.15) is 0 Å². The van der Waals surface area contributed by atoms with Crippen molar-refractivity contribution in [3.63, 3.8) is 0 Å². The van der Waals surface area contributed by atoms with Crippen molar-refractivity contribution in [1.82, 2.24) is 0 Å². The Hall–Kier alpha value is -0.430.